The Hall–Kier alpha value is -2.76. The van der Waals surface area contributed by atoms with Crippen molar-refractivity contribution in [2.75, 3.05) is 19.3 Å². The summed E-state index contributed by atoms with van der Waals surface area (Å²) in [6.07, 6.45) is 2.04. The molecule has 0 fully saturated rings. The standard InChI is InChI=1S/C23H21ClN2O2S/c1-29-21-10-8-16(9-11-21)17-4-2-5-18(14-17)22(27)25-12-13-26-23(28)19-6-3-7-20(24)15-19/h2-11,14-15H,12-13H2,1H3,(H,25,27)(H,26,28). The lowest BCUT2D eigenvalue weighted by Gasteiger charge is -2.09. The number of hydrogen-bond acceptors (Lipinski definition) is 3. The Morgan fingerprint density at radius 1 is 0.793 bits per heavy atom. The van der Waals surface area contributed by atoms with Gasteiger partial charge in [0.2, 0.25) is 0 Å². The third-order valence-electron chi connectivity index (χ3n) is 4.33. The van der Waals surface area contributed by atoms with Crippen molar-refractivity contribution >= 4 is 35.2 Å². The van der Waals surface area contributed by atoms with Gasteiger partial charge in [-0.3, -0.25) is 9.59 Å². The Morgan fingerprint density at radius 3 is 1.97 bits per heavy atom. The maximum Gasteiger partial charge on any atom is 0.251 e. The van der Waals surface area contributed by atoms with Crippen molar-refractivity contribution in [2.45, 2.75) is 4.90 Å². The molecule has 0 aromatic heterocycles. The molecule has 148 valence electrons. The Kier molecular flexibility index (Phi) is 7.33. The average Bonchev–Trinajstić information content (AvgIpc) is 2.76. The van der Waals surface area contributed by atoms with Crippen LogP contribution in [0, 0.1) is 0 Å². The van der Waals surface area contributed by atoms with E-state index in [9.17, 15) is 9.59 Å². The minimum atomic E-state index is -0.225. The van der Waals surface area contributed by atoms with E-state index in [1.165, 1.54) is 4.90 Å². The molecule has 0 saturated carbocycles. The lowest BCUT2D eigenvalue weighted by Crippen LogP contribution is -2.34. The van der Waals surface area contributed by atoms with Gasteiger partial charge < -0.3 is 10.6 Å². The van der Waals surface area contributed by atoms with Crippen molar-refractivity contribution in [3.63, 3.8) is 0 Å². The molecule has 2 N–H and O–H groups in total. The summed E-state index contributed by atoms with van der Waals surface area (Å²) in [5.74, 6) is -0.401. The van der Waals surface area contributed by atoms with Crippen LogP contribution >= 0.6 is 23.4 Å². The first-order valence-electron chi connectivity index (χ1n) is 9.13. The van der Waals surface area contributed by atoms with Crippen LogP contribution in [0.5, 0.6) is 0 Å². The van der Waals surface area contributed by atoms with Crippen LogP contribution in [-0.4, -0.2) is 31.2 Å². The number of carbonyl (C=O) groups is 2. The molecular weight excluding hydrogens is 404 g/mol. The largest absolute Gasteiger partial charge is 0.350 e. The number of benzene rings is 3. The fourth-order valence-corrected chi connectivity index (χ4v) is 3.41. The van der Waals surface area contributed by atoms with Crippen molar-refractivity contribution in [1.82, 2.24) is 10.6 Å². The van der Waals surface area contributed by atoms with Crippen molar-refractivity contribution in [1.29, 1.82) is 0 Å². The lowest BCUT2D eigenvalue weighted by atomic mass is 10.0. The maximum atomic E-state index is 12.4. The molecule has 3 aromatic rings. The van der Waals surface area contributed by atoms with Gasteiger partial charge in [0, 0.05) is 34.1 Å². The molecule has 0 aliphatic heterocycles. The van der Waals surface area contributed by atoms with E-state index >= 15 is 0 Å². The third kappa shape index (κ3) is 5.86. The highest BCUT2D eigenvalue weighted by atomic mass is 35.5. The van der Waals surface area contributed by atoms with Crippen molar-refractivity contribution < 1.29 is 9.59 Å². The highest BCUT2D eigenvalue weighted by Crippen LogP contribution is 2.23. The fourth-order valence-electron chi connectivity index (χ4n) is 2.81. The van der Waals surface area contributed by atoms with Gasteiger partial charge in [0.05, 0.1) is 0 Å². The number of amides is 2. The maximum absolute atomic E-state index is 12.4. The number of carbonyl (C=O) groups excluding carboxylic acids is 2. The molecule has 3 rings (SSSR count). The first-order chi connectivity index (χ1) is 14.1. The molecule has 0 spiro atoms. The third-order valence-corrected chi connectivity index (χ3v) is 5.31. The average molecular weight is 425 g/mol. The van der Waals surface area contributed by atoms with Crippen molar-refractivity contribution in [3.8, 4) is 11.1 Å². The molecule has 29 heavy (non-hydrogen) atoms. The topological polar surface area (TPSA) is 58.2 Å². The van der Waals surface area contributed by atoms with Crippen LogP contribution in [0.3, 0.4) is 0 Å². The molecular formula is C23H21ClN2O2S. The molecule has 4 nitrogen and oxygen atoms in total. The van der Waals surface area contributed by atoms with Crippen LogP contribution in [0.2, 0.25) is 5.02 Å². The van der Waals surface area contributed by atoms with Gasteiger partial charge in [-0.15, -0.1) is 11.8 Å². The normalized spacial score (nSPS) is 10.4. The summed E-state index contributed by atoms with van der Waals surface area (Å²) in [4.78, 5) is 25.7. The monoisotopic (exact) mass is 424 g/mol. The summed E-state index contributed by atoms with van der Waals surface area (Å²) in [5.41, 5.74) is 3.12. The van der Waals surface area contributed by atoms with Gasteiger partial charge in [0.1, 0.15) is 0 Å². The lowest BCUT2D eigenvalue weighted by molar-refractivity contribution is 0.0927. The van der Waals surface area contributed by atoms with Crippen LogP contribution in [0.4, 0.5) is 0 Å². The highest BCUT2D eigenvalue weighted by molar-refractivity contribution is 7.98. The molecule has 0 aliphatic rings. The molecule has 0 aliphatic carbocycles. The summed E-state index contributed by atoms with van der Waals surface area (Å²) < 4.78 is 0. The zero-order valence-electron chi connectivity index (χ0n) is 15.9. The van der Waals surface area contributed by atoms with Crippen molar-refractivity contribution in [2.24, 2.45) is 0 Å². The van der Waals surface area contributed by atoms with E-state index in [-0.39, 0.29) is 11.8 Å². The van der Waals surface area contributed by atoms with Crippen LogP contribution in [0.1, 0.15) is 20.7 Å². The molecule has 0 unspecified atom stereocenters. The Bertz CT molecular complexity index is 1010. The smallest absolute Gasteiger partial charge is 0.251 e. The zero-order valence-corrected chi connectivity index (χ0v) is 17.5. The van der Waals surface area contributed by atoms with Crippen LogP contribution < -0.4 is 10.6 Å². The van der Waals surface area contributed by atoms with Crippen LogP contribution in [-0.2, 0) is 0 Å². The summed E-state index contributed by atoms with van der Waals surface area (Å²) in [6, 6.07) is 22.5. The Balaban J connectivity index is 1.53. The number of thioether (sulfide) groups is 1. The molecule has 0 bridgehead atoms. The summed E-state index contributed by atoms with van der Waals surface area (Å²) in [5, 5.41) is 6.11. The minimum absolute atomic E-state index is 0.176. The predicted octanol–water partition coefficient (Wildman–Crippen LogP) is 4.89. The van der Waals surface area contributed by atoms with Gasteiger partial charge in [0.25, 0.3) is 11.8 Å². The second-order valence-corrected chi connectivity index (χ2v) is 7.65. The fraction of sp³-hybridized carbons (Fsp3) is 0.130. The zero-order chi connectivity index (χ0) is 20.6. The van der Waals surface area contributed by atoms with E-state index in [2.05, 4.69) is 22.8 Å². The van der Waals surface area contributed by atoms with Crippen LogP contribution in [0.15, 0.2) is 77.7 Å². The van der Waals surface area contributed by atoms with E-state index in [0.29, 0.717) is 29.2 Å². The van der Waals surface area contributed by atoms with Crippen molar-refractivity contribution in [3.05, 3.63) is 88.9 Å². The van der Waals surface area contributed by atoms with Gasteiger partial charge in [-0.2, -0.15) is 0 Å². The highest BCUT2D eigenvalue weighted by Gasteiger charge is 2.08. The Morgan fingerprint density at radius 2 is 1.38 bits per heavy atom. The summed E-state index contributed by atoms with van der Waals surface area (Å²) in [7, 11) is 0. The number of nitrogens with one attached hydrogen (secondary N) is 2. The SMILES string of the molecule is CSc1ccc(-c2cccc(C(=O)NCCNC(=O)c3cccc(Cl)c3)c2)cc1. The first-order valence-corrected chi connectivity index (χ1v) is 10.7. The molecule has 0 atom stereocenters. The Labute approximate surface area is 179 Å². The number of halogens is 1. The second-order valence-electron chi connectivity index (χ2n) is 6.33. The van der Waals surface area contributed by atoms with Gasteiger partial charge in [-0.05, 0) is 59.8 Å². The molecule has 6 heteroatoms. The van der Waals surface area contributed by atoms with Gasteiger partial charge >= 0.3 is 0 Å². The predicted molar refractivity (Wildman–Crippen MR) is 120 cm³/mol. The van der Waals surface area contributed by atoms with Crippen LogP contribution in [0.25, 0.3) is 11.1 Å². The first kappa shape index (κ1) is 21.0. The summed E-state index contributed by atoms with van der Waals surface area (Å²) in [6.45, 7) is 0.657. The van der Waals surface area contributed by atoms with Gasteiger partial charge in [-0.1, -0.05) is 41.9 Å². The van der Waals surface area contributed by atoms with E-state index in [1.807, 2.05) is 36.6 Å². The van der Waals surface area contributed by atoms with Gasteiger partial charge in [0.15, 0.2) is 0 Å². The molecule has 0 radical (unpaired) electrons. The molecule has 0 heterocycles. The van der Waals surface area contributed by atoms with Gasteiger partial charge in [-0.25, -0.2) is 0 Å². The quantitative estimate of drug-likeness (QED) is 0.419. The molecule has 0 saturated heterocycles. The molecule has 2 amide bonds. The van der Waals surface area contributed by atoms with E-state index in [1.54, 1.807) is 42.1 Å². The van der Waals surface area contributed by atoms with E-state index in [4.69, 9.17) is 11.6 Å². The van der Waals surface area contributed by atoms with E-state index < -0.39 is 0 Å². The van der Waals surface area contributed by atoms with E-state index in [0.717, 1.165) is 11.1 Å². The second kappa shape index (κ2) is 10.1. The number of rotatable bonds is 7. The summed E-state index contributed by atoms with van der Waals surface area (Å²) >= 11 is 7.59. The molecule has 3 aromatic carbocycles. The number of hydrogen-bond donors (Lipinski definition) is 2. The minimum Gasteiger partial charge on any atom is -0.350 e.